The van der Waals surface area contributed by atoms with Crippen molar-refractivity contribution < 1.29 is 19.0 Å². The first kappa shape index (κ1) is 14.9. The molecule has 0 aliphatic carbocycles. The maximum atomic E-state index is 11.2. The van der Waals surface area contributed by atoms with Gasteiger partial charge in [-0.05, 0) is 18.6 Å². The Kier molecular flexibility index (Phi) is 4.82. The molecule has 0 aromatic heterocycles. The van der Waals surface area contributed by atoms with Crippen molar-refractivity contribution in [1.82, 2.24) is 0 Å². The van der Waals surface area contributed by atoms with E-state index < -0.39 is 0 Å². The van der Waals surface area contributed by atoms with Gasteiger partial charge in [0.2, 0.25) is 0 Å². The number of rotatable bonds is 6. The van der Waals surface area contributed by atoms with Crippen molar-refractivity contribution in [3.63, 3.8) is 0 Å². The monoisotopic (exact) mass is 286 g/mol. The summed E-state index contributed by atoms with van der Waals surface area (Å²) in [7, 11) is 3.09. The number of carbonyl (C=O) groups is 1. The third-order valence-corrected chi connectivity index (χ3v) is 3.23. The Bertz CT molecular complexity index is 620. The molecule has 0 radical (unpaired) electrons. The van der Waals surface area contributed by atoms with Crippen LogP contribution in [-0.2, 0) is 6.61 Å². The van der Waals surface area contributed by atoms with E-state index >= 15 is 0 Å². The Labute approximate surface area is 124 Å². The maximum absolute atomic E-state index is 11.2. The Morgan fingerprint density at radius 3 is 2.29 bits per heavy atom. The van der Waals surface area contributed by atoms with Crippen LogP contribution in [0.1, 0.15) is 21.5 Å². The van der Waals surface area contributed by atoms with Crippen molar-refractivity contribution in [1.29, 1.82) is 0 Å². The van der Waals surface area contributed by atoms with E-state index in [1.807, 2.05) is 37.3 Å². The number of aldehydes is 1. The van der Waals surface area contributed by atoms with Gasteiger partial charge >= 0.3 is 0 Å². The molecule has 4 heteroatoms. The van der Waals surface area contributed by atoms with Gasteiger partial charge in [-0.2, -0.15) is 0 Å². The minimum atomic E-state index is 0.404. The molecule has 0 amide bonds. The molecule has 0 aliphatic heterocycles. The first-order valence-electron chi connectivity index (χ1n) is 6.58. The van der Waals surface area contributed by atoms with E-state index in [9.17, 15) is 4.79 Å². The molecule has 0 saturated heterocycles. The molecule has 0 spiro atoms. The van der Waals surface area contributed by atoms with Crippen molar-refractivity contribution in [2.75, 3.05) is 14.2 Å². The number of hydrogen-bond acceptors (Lipinski definition) is 4. The predicted octanol–water partition coefficient (Wildman–Crippen LogP) is 3.40. The Balaban J connectivity index is 2.34. The highest BCUT2D eigenvalue weighted by Gasteiger charge is 2.17. The SMILES string of the molecule is COc1c(C=O)cc(OCc2ccccc2)c(OC)c1C. The summed E-state index contributed by atoms with van der Waals surface area (Å²) in [6, 6.07) is 11.4. The summed E-state index contributed by atoms with van der Waals surface area (Å²) in [6.07, 6.45) is 0.751. The van der Waals surface area contributed by atoms with E-state index in [2.05, 4.69) is 0 Å². The van der Waals surface area contributed by atoms with Crippen molar-refractivity contribution in [3.05, 3.63) is 53.1 Å². The normalized spacial score (nSPS) is 10.0. The van der Waals surface area contributed by atoms with E-state index in [0.29, 0.717) is 29.4 Å². The first-order chi connectivity index (χ1) is 10.2. The van der Waals surface area contributed by atoms with Gasteiger partial charge < -0.3 is 14.2 Å². The molecular formula is C17H18O4. The van der Waals surface area contributed by atoms with Crippen LogP contribution in [0.15, 0.2) is 36.4 Å². The van der Waals surface area contributed by atoms with E-state index in [4.69, 9.17) is 14.2 Å². The van der Waals surface area contributed by atoms with Gasteiger partial charge in [0.05, 0.1) is 19.8 Å². The Hall–Kier alpha value is -2.49. The molecule has 0 N–H and O–H groups in total. The van der Waals surface area contributed by atoms with Gasteiger partial charge in [-0.1, -0.05) is 30.3 Å². The number of carbonyl (C=O) groups excluding carboxylic acids is 1. The molecule has 110 valence electrons. The van der Waals surface area contributed by atoms with Crippen LogP contribution in [0, 0.1) is 6.92 Å². The van der Waals surface area contributed by atoms with Gasteiger partial charge in [-0.25, -0.2) is 0 Å². The van der Waals surface area contributed by atoms with Gasteiger partial charge in [0.25, 0.3) is 0 Å². The second-order valence-electron chi connectivity index (χ2n) is 4.55. The molecule has 2 rings (SSSR count). The smallest absolute Gasteiger partial charge is 0.167 e. The molecule has 0 unspecified atom stereocenters. The zero-order valence-corrected chi connectivity index (χ0v) is 12.4. The number of methoxy groups -OCH3 is 2. The lowest BCUT2D eigenvalue weighted by atomic mass is 10.1. The molecule has 0 aliphatic rings. The maximum Gasteiger partial charge on any atom is 0.167 e. The first-order valence-corrected chi connectivity index (χ1v) is 6.58. The summed E-state index contributed by atoms with van der Waals surface area (Å²) < 4.78 is 16.4. The summed E-state index contributed by atoms with van der Waals surface area (Å²) in [6.45, 7) is 2.24. The molecule has 21 heavy (non-hydrogen) atoms. The van der Waals surface area contributed by atoms with Crippen molar-refractivity contribution in [2.24, 2.45) is 0 Å². The van der Waals surface area contributed by atoms with Crippen LogP contribution in [0.2, 0.25) is 0 Å². The van der Waals surface area contributed by atoms with Crippen molar-refractivity contribution >= 4 is 6.29 Å². The summed E-state index contributed by atoms with van der Waals surface area (Å²) in [5, 5.41) is 0. The highest BCUT2D eigenvalue weighted by atomic mass is 16.5. The molecule has 0 saturated carbocycles. The number of ether oxygens (including phenoxy) is 3. The van der Waals surface area contributed by atoms with Gasteiger partial charge in [-0.3, -0.25) is 4.79 Å². The van der Waals surface area contributed by atoms with Crippen molar-refractivity contribution in [3.8, 4) is 17.2 Å². The average molecular weight is 286 g/mol. The van der Waals surface area contributed by atoms with E-state index in [1.54, 1.807) is 13.2 Å². The zero-order valence-electron chi connectivity index (χ0n) is 12.4. The van der Waals surface area contributed by atoms with E-state index in [0.717, 1.165) is 17.4 Å². The largest absolute Gasteiger partial charge is 0.496 e. The second kappa shape index (κ2) is 6.79. The van der Waals surface area contributed by atoms with Crippen LogP contribution in [0.5, 0.6) is 17.2 Å². The van der Waals surface area contributed by atoms with Crippen LogP contribution in [0.25, 0.3) is 0 Å². The molecule has 0 atom stereocenters. The fraction of sp³-hybridized carbons (Fsp3) is 0.235. The average Bonchev–Trinajstić information content (AvgIpc) is 2.53. The van der Waals surface area contributed by atoms with Crippen LogP contribution >= 0.6 is 0 Å². The highest BCUT2D eigenvalue weighted by Crippen LogP contribution is 2.39. The van der Waals surface area contributed by atoms with Crippen LogP contribution < -0.4 is 14.2 Å². The van der Waals surface area contributed by atoms with Gasteiger partial charge in [0, 0.05) is 5.56 Å². The zero-order chi connectivity index (χ0) is 15.2. The fourth-order valence-electron chi connectivity index (χ4n) is 2.23. The predicted molar refractivity (Wildman–Crippen MR) is 80.4 cm³/mol. The number of hydrogen-bond donors (Lipinski definition) is 0. The quantitative estimate of drug-likeness (QED) is 0.763. The van der Waals surface area contributed by atoms with Crippen molar-refractivity contribution in [2.45, 2.75) is 13.5 Å². The van der Waals surface area contributed by atoms with E-state index in [1.165, 1.54) is 7.11 Å². The van der Waals surface area contributed by atoms with Crippen LogP contribution in [0.3, 0.4) is 0 Å². The second-order valence-corrected chi connectivity index (χ2v) is 4.55. The molecule has 0 heterocycles. The molecule has 0 fully saturated rings. The third-order valence-electron chi connectivity index (χ3n) is 3.23. The molecule has 2 aromatic carbocycles. The lowest BCUT2D eigenvalue weighted by molar-refractivity contribution is 0.111. The lowest BCUT2D eigenvalue weighted by Crippen LogP contribution is -2.02. The molecular weight excluding hydrogens is 268 g/mol. The fourth-order valence-corrected chi connectivity index (χ4v) is 2.23. The molecule has 4 nitrogen and oxygen atoms in total. The number of benzene rings is 2. The minimum Gasteiger partial charge on any atom is -0.496 e. The van der Waals surface area contributed by atoms with Crippen LogP contribution in [-0.4, -0.2) is 20.5 Å². The standard InChI is InChI=1S/C17H18O4/c1-12-16(19-2)14(10-18)9-15(17(12)20-3)21-11-13-7-5-4-6-8-13/h4-10H,11H2,1-3H3. The lowest BCUT2D eigenvalue weighted by Gasteiger charge is -2.17. The van der Waals surface area contributed by atoms with E-state index in [-0.39, 0.29) is 0 Å². The molecule has 2 aromatic rings. The summed E-state index contributed by atoms with van der Waals surface area (Å²) in [4.78, 5) is 11.2. The Morgan fingerprint density at radius 2 is 1.71 bits per heavy atom. The highest BCUT2D eigenvalue weighted by molar-refractivity contribution is 5.82. The van der Waals surface area contributed by atoms with Gasteiger partial charge in [0.15, 0.2) is 17.8 Å². The van der Waals surface area contributed by atoms with Crippen LogP contribution in [0.4, 0.5) is 0 Å². The minimum absolute atomic E-state index is 0.404. The van der Waals surface area contributed by atoms with Gasteiger partial charge in [-0.15, -0.1) is 0 Å². The summed E-state index contributed by atoms with van der Waals surface area (Å²) >= 11 is 0. The summed E-state index contributed by atoms with van der Waals surface area (Å²) in [5.74, 6) is 1.61. The summed E-state index contributed by atoms with van der Waals surface area (Å²) in [5.41, 5.74) is 2.23. The molecule has 0 bridgehead atoms. The van der Waals surface area contributed by atoms with Gasteiger partial charge in [0.1, 0.15) is 12.4 Å². The third kappa shape index (κ3) is 3.16. The Morgan fingerprint density at radius 1 is 1.05 bits per heavy atom. The topological polar surface area (TPSA) is 44.8 Å².